The summed E-state index contributed by atoms with van der Waals surface area (Å²) in [6.45, 7) is 3.27. The second-order valence-electron chi connectivity index (χ2n) is 5.17. The molecule has 1 aromatic rings. The zero-order chi connectivity index (χ0) is 14.3. The van der Waals surface area contributed by atoms with E-state index < -0.39 is 0 Å². The lowest BCUT2D eigenvalue weighted by Gasteiger charge is -2.30. The highest BCUT2D eigenvalue weighted by Gasteiger charge is 2.18. The molecule has 1 rings (SSSR count). The van der Waals surface area contributed by atoms with Crippen molar-refractivity contribution in [3.63, 3.8) is 0 Å². The Kier molecular flexibility index (Phi) is 7.02. The summed E-state index contributed by atoms with van der Waals surface area (Å²) in [5, 5.41) is 0. The lowest BCUT2D eigenvalue weighted by atomic mass is 9.99. The molecule has 0 saturated carbocycles. The van der Waals surface area contributed by atoms with Gasteiger partial charge in [-0.05, 0) is 32.3 Å². The van der Waals surface area contributed by atoms with Gasteiger partial charge in [-0.1, -0.05) is 24.3 Å². The maximum Gasteiger partial charge on any atom is 0.0716 e. The van der Waals surface area contributed by atoms with Crippen LogP contribution in [0.5, 0.6) is 0 Å². The predicted molar refractivity (Wildman–Crippen MR) is 80.1 cm³/mol. The normalized spacial score (nSPS) is 13.2. The molecule has 4 heteroatoms. The largest absolute Gasteiger partial charge is 0.380 e. The highest BCUT2D eigenvalue weighted by Crippen LogP contribution is 2.22. The van der Waals surface area contributed by atoms with Crippen LogP contribution in [0.2, 0.25) is 0 Å². The summed E-state index contributed by atoms with van der Waals surface area (Å²) in [7, 11) is 8.03. The third kappa shape index (κ3) is 4.91. The lowest BCUT2D eigenvalue weighted by Crippen LogP contribution is -2.36. The molecule has 108 valence electrons. The van der Waals surface area contributed by atoms with Crippen molar-refractivity contribution in [2.75, 3.05) is 47.9 Å². The maximum atomic E-state index is 5.98. The molecule has 0 heterocycles. The average molecular weight is 265 g/mol. The molecular weight excluding hydrogens is 238 g/mol. The van der Waals surface area contributed by atoms with E-state index in [1.807, 2.05) is 6.07 Å². The lowest BCUT2D eigenvalue weighted by molar-refractivity contribution is 0.178. The molecule has 4 nitrogen and oxygen atoms in total. The van der Waals surface area contributed by atoms with Gasteiger partial charge >= 0.3 is 0 Å². The van der Waals surface area contributed by atoms with Crippen LogP contribution in [0.1, 0.15) is 17.2 Å². The zero-order valence-corrected chi connectivity index (χ0v) is 12.6. The Morgan fingerprint density at radius 3 is 2.42 bits per heavy atom. The molecule has 0 fully saturated rings. The van der Waals surface area contributed by atoms with E-state index in [-0.39, 0.29) is 6.04 Å². The van der Waals surface area contributed by atoms with Crippen LogP contribution in [0, 0.1) is 0 Å². The van der Waals surface area contributed by atoms with Crippen LogP contribution in [-0.4, -0.2) is 57.7 Å². The Bertz CT molecular complexity index is 368. The van der Waals surface area contributed by atoms with Crippen molar-refractivity contribution in [2.24, 2.45) is 5.73 Å². The Labute approximate surface area is 117 Å². The van der Waals surface area contributed by atoms with Gasteiger partial charge in [0, 0.05) is 32.8 Å². The Balaban J connectivity index is 2.83. The summed E-state index contributed by atoms with van der Waals surface area (Å²) in [6.07, 6.45) is 0. The average Bonchev–Trinajstić information content (AvgIpc) is 2.39. The van der Waals surface area contributed by atoms with Gasteiger partial charge in [-0.25, -0.2) is 0 Å². The second-order valence-corrected chi connectivity index (χ2v) is 5.17. The number of methoxy groups -OCH3 is 1. The molecule has 0 aliphatic carbocycles. The van der Waals surface area contributed by atoms with E-state index in [9.17, 15) is 0 Å². The van der Waals surface area contributed by atoms with E-state index in [4.69, 9.17) is 10.5 Å². The van der Waals surface area contributed by atoms with Crippen molar-refractivity contribution < 1.29 is 4.74 Å². The fourth-order valence-electron chi connectivity index (χ4n) is 2.20. The number of hydrogen-bond donors (Lipinski definition) is 1. The van der Waals surface area contributed by atoms with E-state index in [2.05, 4.69) is 49.1 Å². The molecular formula is C15H27N3O. The van der Waals surface area contributed by atoms with Crippen molar-refractivity contribution >= 4 is 0 Å². The fourth-order valence-corrected chi connectivity index (χ4v) is 2.20. The number of rotatable bonds is 8. The standard InChI is InChI=1S/C15H27N3O/c1-17(2)9-10-18(3)15(11-16)14-8-6-5-7-13(14)12-19-4/h5-8,15H,9-12,16H2,1-4H3. The fraction of sp³-hybridized carbons (Fsp3) is 0.600. The van der Waals surface area contributed by atoms with E-state index >= 15 is 0 Å². The second kappa shape index (κ2) is 8.27. The van der Waals surface area contributed by atoms with Crippen LogP contribution in [0.4, 0.5) is 0 Å². The van der Waals surface area contributed by atoms with Gasteiger partial charge in [-0.3, -0.25) is 4.90 Å². The van der Waals surface area contributed by atoms with Gasteiger partial charge < -0.3 is 15.4 Å². The van der Waals surface area contributed by atoms with Crippen LogP contribution in [-0.2, 0) is 11.3 Å². The summed E-state index contributed by atoms with van der Waals surface area (Å²) < 4.78 is 5.27. The molecule has 0 radical (unpaired) electrons. The number of nitrogens with zero attached hydrogens (tertiary/aromatic N) is 2. The molecule has 2 N–H and O–H groups in total. The first-order valence-corrected chi connectivity index (χ1v) is 6.72. The van der Waals surface area contributed by atoms with Gasteiger partial charge in [0.05, 0.1) is 6.61 Å². The van der Waals surface area contributed by atoms with Crippen LogP contribution in [0.15, 0.2) is 24.3 Å². The van der Waals surface area contributed by atoms with E-state index in [1.54, 1.807) is 7.11 Å². The highest BCUT2D eigenvalue weighted by molar-refractivity contribution is 5.30. The topological polar surface area (TPSA) is 41.7 Å². The van der Waals surface area contributed by atoms with E-state index in [0.717, 1.165) is 13.1 Å². The minimum atomic E-state index is 0.242. The molecule has 1 unspecified atom stereocenters. The number of hydrogen-bond acceptors (Lipinski definition) is 4. The molecule has 0 aliphatic heterocycles. The monoisotopic (exact) mass is 265 g/mol. The molecule has 0 saturated heterocycles. The van der Waals surface area contributed by atoms with Gasteiger partial charge in [0.1, 0.15) is 0 Å². The van der Waals surface area contributed by atoms with Crippen molar-refractivity contribution in [3.8, 4) is 0 Å². The number of ether oxygens (including phenoxy) is 1. The van der Waals surface area contributed by atoms with Crippen molar-refractivity contribution in [1.29, 1.82) is 0 Å². The molecule has 1 atom stereocenters. The number of nitrogens with two attached hydrogens (primary N) is 1. The molecule has 19 heavy (non-hydrogen) atoms. The minimum absolute atomic E-state index is 0.242. The van der Waals surface area contributed by atoms with E-state index in [0.29, 0.717) is 13.2 Å². The molecule has 0 spiro atoms. The van der Waals surface area contributed by atoms with Gasteiger partial charge in [0.15, 0.2) is 0 Å². The maximum absolute atomic E-state index is 5.98. The summed E-state index contributed by atoms with van der Waals surface area (Å²) in [5.41, 5.74) is 8.47. The Hall–Kier alpha value is -0.940. The first-order chi connectivity index (χ1) is 9.10. The first-order valence-electron chi connectivity index (χ1n) is 6.72. The van der Waals surface area contributed by atoms with Crippen LogP contribution >= 0.6 is 0 Å². The highest BCUT2D eigenvalue weighted by atomic mass is 16.5. The molecule has 0 amide bonds. The number of likely N-dealkylation sites (N-methyl/N-ethyl adjacent to an activating group) is 2. The molecule has 0 aromatic heterocycles. The SMILES string of the molecule is COCc1ccccc1C(CN)N(C)CCN(C)C. The smallest absolute Gasteiger partial charge is 0.0716 e. The van der Waals surface area contributed by atoms with Crippen LogP contribution < -0.4 is 5.73 Å². The predicted octanol–water partition coefficient (Wildman–Crippen LogP) is 1.33. The van der Waals surface area contributed by atoms with E-state index in [1.165, 1.54) is 11.1 Å². The minimum Gasteiger partial charge on any atom is -0.380 e. The van der Waals surface area contributed by atoms with Crippen molar-refractivity contribution in [3.05, 3.63) is 35.4 Å². The van der Waals surface area contributed by atoms with Crippen LogP contribution in [0.3, 0.4) is 0 Å². The van der Waals surface area contributed by atoms with Crippen molar-refractivity contribution in [2.45, 2.75) is 12.6 Å². The molecule has 1 aromatic carbocycles. The summed E-state index contributed by atoms with van der Waals surface area (Å²) in [4.78, 5) is 4.50. The number of benzene rings is 1. The summed E-state index contributed by atoms with van der Waals surface area (Å²) in [6, 6.07) is 8.62. The van der Waals surface area contributed by atoms with Gasteiger partial charge in [0.25, 0.3) is 0 Å². The summed E-state index contributed by atoms with van der Waals surface area (Å²) in [5.74, 6) is 0. The zero-order valence-electron chi connectivity index (χ0n) is 12.6. The van der Waals surface area contributed by atoms with Crippen LogP contribution in [0.25, 0.3) is 0 Å². The van der Waals surface area contributed by atoms with Gasteiger partial charge in [-0.2, -0.15) is 0 Å². The summed E-state index contributed by atoms with van der Waals surface area (Å²) >= 11 is 0. The van der Waals surface area contributed by atoms with Gasteiger partial charge in [0.2, 0.25) is 0 Å². The quantitative estimate of drug-likeness (QED) is 0.770. The molecule has 0 aliphatic rings. The first kappa shape index (κ1) is 16.1. The van der Waals surface area contributed by atoms with Gasteiger partial charge in [-0.15, -0.1) is 0 Å². The third-order valence-corrected chi connectivity index (χ3v) is 3.37. The van der Waals surface area contributed by atoms with Crippen molar-refractivity contribution in [1.82, 2.24) is 9.80 Å². The Morgan fingerprint density at radius 1 is 1.16 bits per heavy atom. The Morgan fingerprint density at radius 2 is 1.84 bits per heavy atom. The molecule has 0 bridgehead atoms. The third-order valence-electron chi connectivity index (χ3n) is 3.37.